The van der Waals surface area contributed by atoms with E-state index in [1.54, 1.807) is 0 Å². The quantitative estimate of drug-likeness (QED) is 0.513. The van der Waals surface area contributed by atoms with Crippen LogP contribution in [0.2, 0.25) is 0 Å². The lowest BCUT2D eigenvalue weighted by Crippen LogP contribution is -2.13. The van der Waals surface area contributed by atoms with Gasteiger partial charge in [-0.1, -0.05) is 20.8 Å². The predicted molar refractivity (Wildman–Crippen MR) is 51.8 cm³/mol. The Bertz CT molecular complexity index is 369. The molecule has 1 aromatic carbocycles. The highest BCUT2D eigenvalue weighted by Gasteiger charge is 2.21. The van der Waals surface area contributed by atoms with Gasteiger partial charge in [0.2, 0.25) is 0 Å². The van der Waals surface area contributed by atoms with Gasteiger partial charge >= 0.3 is 0 Å². The molecule has 0 amide bonds. The highest BCUT2D eigenvalue weighted by Crippen LogP contribution is 2.28. The van der Waals surface area contributed by atoms with E-state index in [1.807, 2.05) is 20.8 Å². The minimum Gasteiger partial charge on any atom is -0.258 e. The Morgan fingerprint density at radius 3 is 2.36 bits per heavy atom. The Balaban J connectivity index is 3.29. The normalized spacial score (nSPS) is 11.4. The molecule has 0 aromatic heterocycles. The van der Waals surface area contributed by atoms with Crippen LogP contribution in [-0.2, 0) is 5.41 Å². The molecule has 0 N–H and O–H groups in total. The number of nitro groups is 1. The van der Waals surface area contributed by atoms with E-state index >= 15 is 0 Å². The lowest BCUT2D eigenvalue weighted by molar-refractivity contribution is -0.385. The van der Waals surface area contributed by atoms with Crippen molar-refractivity contribution in [3.05, 3.63) is 39.7 Å². The van der Waals surface area contributed by atoms with Crippen molar-refractivity contribution < 1.29 is 9.31 Å². The molecule has 4 heteroatoms. The Kier molecular flexibility index (Phi) is 2.55. The third-order valence-electron chi connectivity index (χ3n) is 1.97. The van der Waals surface area contributed by atoms with Gasteiger partial charge in [0.25, 0.3) is 5.69 Å². The minimum absolute atomic E-state index is 0.0728. The molecule has 0 aliphatic heterocycles. The summed E-state index contributed by atoms with van der Waals surface area (Å²) in [5.74, 6) is -0.400. The van der Waals surface area contributed by atoms with Gasteiger partial charge in [-0.05, 0) is 17.0 Å². The second-order valence-corrected chi connectivity index (χ2v) is 4.17. The monoisotopic (exact) mass is 197 g/mol. The topological polar surface area (TPSA) is 43.1 Å². The van der Waals surface area contributed by atoms with Gasteiger partial charge in [-0.2, -0.15) is 0 Å². The predicted octanol–water partition coefficient (Wildman–Crippen LogP) is 3.03. The van der Waals surface area contributed by atoms with E-state index in [0.717, 1.165) is 6.07 Å². The number of hydrogen-bond donors (Lipinski definition) is 0. The van der Waals surface area contributed by atoms with E-state index in [0.29, 0.717) is 5.56 Å². The van der Waals surface area contributed by atoms with Crippen LogP contribution in [0, 0.1) is 15.9 Å². The van der Waals surface area contributed by atoms with Gasteiger partial charge in [-0.3, -0.25) is 10.1 Å². The van der Waals surface area contributed by atoms with Gasteiger partial charge in [0.15, 0.2) is 0 Å². The van der Waals surface area contributed by atoms with Gasteiger partial charge < -0.3 is 0 Å². The summed E-state index contributed by atoms with van der Waals surface area (Å²) in [6.07, 6.45) is 0. The maximum absolute atomic E-state index is 13.3. The highest BCUT2D eigenvalue weighted by atomic mass is 19.1. The van der Waals surface area contributed by atoms with Crippen molar-refractivity contribution in [1.82, 2.24) is 0 Å². The molecule has 76 valence electrons. The molecule has 1 aromatic rings. The molecular weight excluding hydrogens is 185 g/mol. The Hall–Kier alpha value is -1.45. The molecule has 0 spiro atoms. The zero-order chi connectivity index (χ0) is 10.9. The molecule has 0 bridgehead atoms. The van der Waals surface area contributed by atoms with Crippen LogP contribution < -0.4 is 0 Å². The van der Waals surface area contributed by atoms with E-state index in [-0.39, 0.29) is 5.69 Å². The second kappa shape index (κ2) is 3.36. The van der Waals surface area contributed by atoms with Crippen LogP contribution in [0.15, 0.2) is 18.2 Å². The van der Waals surface area contributed by atoms with Crippen molar-refractivity contribution in [2.45, 2.75) is 26.2 Å². The molecule has 0 unspecified atom stereocenters. The summed E-state index contributed by atoms with van der Waals surface area (Å²) in [5, 5.41) is 10.5. The molecule has 0 aliphatic carbocycles. The van der Waals surface area contributed by atoms with Crippen molar-refractivity contribution in [1.29, 1.82) is 0 Å². The van der Waals surface area contributed by atoms with Gasteiger partial charge in [-0.25, -0.2) is 4.39 Å². The first-order valence-electron chi connectivity index (χ1n) is 4.27. The molecule has 0 aliphatic rings. The summed E-state index contributed by atoms with van der Waals surface area (Å²) in [6.45, 7) is 5.44. The molecule has 0 atom stereocenters. The van der Waals surface area contributed by atoms with Gasteiger partial charge in [-0.15, -0.1) is 0 Å². The molecular formula is C10H12FNO2. The number of nitrogens with zero attached hydrogens (tertiary/aromatic N) is 1. The van der Waals surface area contributed by atoms with Crippen LogP contribution in [-0.4, -0.2) is 4.92 Å². The first-order chi connectivity index (χ1) is 6.32. The number of rotatable bonds is 1. The van der Waals surface area contributed by atoms with E-state index in [9.17, 15) is 14.5 Å². The lowest BCUT2D eigenvalue weighted by atomic mass is 9.86. The summed E-state index contributed by atoms with van der Waals surface area (Å²) in [5.41, 5.74) is -0.126. The van der Waals surface area contributed by atoms with Crippen LogP contribution in [0.5, 0.6) is 0 Å². The third-order valence-corrected chi connectivity index (χ3v) is 1.97. The Labute approximate surface area is 81.7 Å². The average Bonchev–Trinajstić information content (AvgIpc) is 2.02. The van der Waals surface area contributed by atoms with Crippen molar-refractivity contribution >= 4 is 5.69 Å². The Morgan fingerprint density at radius 2 is 1.93 bits per heavy atom. The molecule has 0 heterocycles. The summed E-state index contributed by atoms with van der Waals surface area (Å²) >= 11 is 0. The van der Waals surface area contributed by atoms with Crippen molar-refractivity contribution in [2.75, 3.05) is 0 Å². The smallest absolute Gasteiger partial charge is 0.258 e. The fourth-order valence-corrected chi connectivity index (χ4v) is 1.20. The molecule has 0 fully saturated rings. The standard InChI is InChI=1S/C10H12FNO2/c1-10(2,3)8-6-7(12(13)14)4-5-9(8)11/h4-6H,1-3H3. The number of benzene rings is 1. The maximum Gasteiger partial charge on any atom is 0.269 e. The lowest BCUT2D eigenvalue weighted by Gasteiger charge is -2.19. The summed E-state index contributed by atoms with van der Waals surface area (Å²) in [6, 6.07) is 3.60. The van der Waals surface area contributed by atoms with E-state index in [4.69, 9.17) is 0 Å². The number of halogens is 1. The Morgan fingerprint density at radius 1 is 1.36 bits per heavy atom. The number of non-ortho nitro benzene ring substituents is 1. The molecule has 1 rings (SSSR count). The minimum atomic E-state index is -0.519. The first kappa shape index (κ1) is 10.6. The molecule has 14 heavy (non-hydrogen) atoms. The number of hydrogen-bond acceptors (Lipinski definition) is 2. The zero-order valence-electron chi connectivity index (χ0n) is 8.37. The fourth-order valence-electron chi connectivity index (χ4n) is 1.20. The first-order valence-corrected chi connectivity index (χ1v) is 4.27. The van der Waals surface area contributed by atoms with Crippen LogP contribution in [0.4, 0.5) is 10.1 Å². The third kappa shape index (κ3) is 2.07. The molecule has 0 radical (unpaired) electrons. The number of nitro benzene ring substituents is 1. The second-order valence-electron chi connectivity index (χ2n) is 4.17. The SMILES string of the molecule is CC(C)(C)c1cc([N+](=O)[O-])ccc1F. The van der Waals surface area contributed by atoms with Gasteiger partial charge in [0.05, 0.1) is 4.92 Å². The van der Waals surface area contributed by atoms with E-state index in [1.165, 1.54) is 12.1 Å². The van der Waals surface area contributed by atoms with Crippen molar-refractivity contribution in [3.8, 4) is 0 Å². The van der Waals surface area contributed by atoms with E-state index in [2.05, 4.69) is 0 Å². The summed E-state index contributed by atoms with van der Waals surface area (Å²) < 4.78 is 13.3. The highest BCUT2D eigenvalue weighted by molar-refractivity contribution is 5.38. The maximum atomic E-state index is 13.3. The molecule has 0 saturated heterocycles. The van der Waals surface area contributed by atoms with Gasteiger partial charge in [0, 0.05) is 12.1 Å². The average molecular weight is 197 g/mol. The van der Waals surface area contributed by atoms with Gasteiger partial charge in [0.1, 0.15) is 5.82 Å². The van der Waals surface area contributed by atoms with Crippen molar-refractivity contribution in [2.24, 2.45) is 0 Å². The van der Waals surface area contributed by atoms with Crippen LogP contribution in [0.1, 0.15) is 26.3 Å². The van der Waals surface area contributed by atoms with Crippen LogP contribution in [0.25, 0.3) is 0 Å². The van der Waals surface area contributed by atoms with E-state index < -0.39 is 16.2 Å². The zero-order valence-corrected chi connectivity index (χ0v) is 8.37. The fraction of sp³-hybridized carbons (Fsp3) is 0.400. The summed E-state index contributed by atoms with van der Waals surface area (Å²) in [4.78, 5) is 9.96. The largest absolute Gasteiger partial charge is 0.269 e. The van der Waals surface area contributed by atoms with Crippen molar-refractivity contribution in [3.63, 3.8) is 0 Å². The van der Waals surface area contributed by atoms with Crippen LogP contribution >= 0.6 is 0 Å². The summed E-state index contributed by atoms with van der Waals surface area (Å²) in [7, 11) is 0. The van der Waals surface area contributed by atoms with Crippen LogP contribution in [0.3, 0.4) is 0 Å². The molecule has 0 saturated carbocycles. The molecule has 3 nitrogen and oxygen atoms in total.